The largest absolute Gasteiger partial charge is 0.313 e. The van der Waals surface area contributed by atoms with Crippen LogP contribution in [0.25, 0.3) is 10.9 Å². The zero-order valence-electron chi connectivity index (χ0n) is 13.1. The maximum Gasteiger partial charge on any atom is 0.278 e. The first kappa shape index (κ1) is 19.3. The molecule has 2 N–H and O–H groups in total. The molecular weight excluding hydrogens is 368 g/mol. The molecule has 2 aromatic rings. The molecule has 2 heterocycles. The smallest absolute Gasteiger partial charge is 0.278 e. The minimum atomic E-state index is -3.83. The van der Waals surface area contributed by atoms with Crippen molar-refractivity contribution >= 4 is 39.0 Å². The number of aromatic nitrogens is 1. The second-order valence-corrected chi connectivity index (χ2v) is 7.12. The van der Waals surface area contributed by atoms with Gasteiger partial charge in [0.05, 0.1) is 15.8 Å². The molecule has 0 amide bonds. The molecule has 0 atom stereocenters. The van der Waals surface area contributed by atoms with Crippen LogP contribution >= 0.6 is 12.4 Å². The molecule has 25 heavy (non-hydrogen) atoms. The van der Waals surface area contributed by atoms with Crippen LogP contribution in [-0.4, -0.2) is 38.0 Å². The highest BCUT2D eigenvalue weighted by Crippen LogP contribution is 2.29. The minimum absolute atomic E-state index is 0. The summed E-state index contributed by atoms with van der Waals surface area (Å²) in [4.78, 5) is 14.5. The topological polar surface area (TPSA) is 114 Å². The molecule has 0 radical (unpaired) electrons. The lowest BCUT2D eigenvalue weighted by Crippen LogP contribution is -2.30. The van der Waals surface area contributed by atoms with Crippen LogP contribution in [0.3, 0.4) is 0 Å². The van der Waals surface area contributed by atoms with Gasteiger partial charge in [-0.2, -0.15) is 0 Å². The average molecular weight is 385 g/mol. The summed E-state index contributed by atoms with van der Waals surface area (Å²) < 4.78 is 27.8. The molecule has 0 saturated carbocycles. The summed E-state index contributed by atoms with van der Waals surface area (Å²) >= 11 is 0. The number of nitro benzene ring substituents is 1. The molecule has 3 rings (SSSR count). The number of hydrogen-bond donors (Lipinski definition) is 2. The van der Waals surface area contributed by atoms with Crippen LogP contribution in [0.5, 0.6) is 0 Å². The number of fused-ring (bicyclic) bond motifs is 1. The van der Waals surface area contributed by atoms with E-state index in [-0.39, 0.29) is 40.4 Å². The highest BCUT2D eigenvalue weighted by Gasteiger charge is 2.23. The fourth-order valence-corrected chi connectivity index (χ4v) is 3.80. The third-order valence-electron chi connectivity index (χ3n) is 3.84. The molecule has 10 heteroatoms. The summed E-state index contributed by atoms with van der Waals surface area (Å²) in [5.74, 6) is 0. The third kappa shape index (κ3) is 4.13. The number of nitro groups is 1. The zero-order chi connectivity index (χ0) is 17.2. The predicted molar refractivity (Wildman–Crippen MR) is 96.4 cm³/mol. The van der Waals surface area contributed by atoms with E-state index in [1.165, 1.54) is 24.4 Å². The van der Waals surface area contributed by atoms with E-state index < -0.39 is 14.9 Å². The van der Waals surface area contributed by atoms with Crippen molar-refractivity contribution in [3.8, 4) is 0 Å². The van der Waals surface area contributed by atoms with Gasteiger partial charge >= 0.3 is 0 Å². The van der Waals surface area contributed by atoms with Crippen molar-refractivity contribution in [3.63, 3.8) is 0 Å². The van der Waals surface area contributed by atoms with Gasteiger partial charge in [-0.15, -0.1) is 12.4 Å². The molecule has 1 aromatic heterocycles. The Labute approximate surface area is 150 Å². The number of halogens is 1. The SMILES string of the molecule is Cl.O=[N+]([O-])c1ccc(S(=O)(=O)NCC2=CCNCC2)c2ncccc12. The van der Waals surface area contributed by atoms with Gasteiger partial charge in [-0.3, -0.25) is 15.1 Å². The Morgan fingerprint density at radius 3 is 2.80 bits per heavy atom. The molecule has 1 aromatic carbocycles. The summed E-state index contributed by atoms with van der Waals surface area (Å²) in [6, 6.07) is 5.46. The van der Waals surface area contributed by atoms with Gasteiger partial charge in [0.15, 0.2) is 0 Å². The summed E-state index contributed by atoms with van der Waals surface area (Å²) in [6.07, 6.45) is 4.15. The van der Waals surface area contributed by atoms with Gasteiger partial charge in [0.25, 0.3) is 5.69 Å². The van der Waals surface area contributed by atoms with Crippen molar-refractivity contribution in [1.82, 2.24) is 15.0 Å². The number of hydrogen-bond acceptors (Lipinski definition) is 6. The molecule has 0 saturated heterocycles. The third-order valence-corrected chi connectivity index (χ3v) is 5.28. The van der Waals surface area contributed by atoms with Crippen LogP contribution in [0.2, 0.25) is 0 Å². The Morgan fingerprint density at radius 2 is 2.12 bits per heavy atom. The van der Waals surface area contributed by atoms with Crippen LogP contribution < -0.4 is 10.0 Å². The fourth-order valence-electron chi connectivity index (χ4n) is 2.60. The van der Waals surface area contributed by atoms with Crippen LogP contribution in [0.15, 0.2) is 47.0 Å². The molecule has 134 valence electrons. The van der Waals surface area contributed by atoms with E-state index in [4.69, 9.17) is 0 Å². The van der Waals surface area contributed by atoms with Gasteiger partial charge in [0.1, 0.15) is 4.90 Å². The molecule has 0 aliphatic carbocycles. The lowest BCUT2D eigenvalue weighted by molar-refractivity contribution is -0.383. The first-order valence-corrected chi connectivity index (χ1v) is 8.88. The number of nitrogens with one attached hydrogen (secondary N) is 2. The lowest BCUT2D eigenvalue weighted by atomic mass is 10.1. The summed E-state index contributed by atoms with van der Waals surface area (Å²) in [6.45, 7) is 1.75. The molecular formula is C15H17ClN4O4S. The Hall–Kier alpha value is -2.07. The number of non-ortho nitro benzene ring substituents is 1. The number of nitrogens with zero attached hydrogens (tertiary/aromatic N) is 2. The van der Waals surface area contributed by atoms with Crippen LogP contribution in [-0.2, 0) is 10.0 Å². The van der Waals surface area contributed by atoms with E-state index in [9.17, 15) is 18.5 Å². The van der Waals surface area contributed by atoms with Crippen molar-refractivity contribution < 1.29 is 13.3 Å². The molecule has 0 spiro atoms. The maximum atomic E-state index is 12.6. The van der Waals surface area contributed by atoms with Crippen LogP contribution in [0.1, 0.15) is 6.42 Å². The van der Waals surface area contributed by atoms with Gasteiger partial charge in [-0.1, -0.05) is 11.6 Å². The Kier molecular flexibility index (Phi) is 6.07. The molecule has 0 fully saturated rings. The van der Waals surface area contributed by atoms with E-state index in [0.29, 0.717) is 0 Å². The lowest BCUT2D eigenvalue weighted by Gasteiger charge is -2.15. The monoisotopic (exact) mass is 384 g/mol. The van der Waals surface area contributed by atoms with Crippen LogP contribution in [0, 0.1) is 10.1 Å². The highest BCUT2D eigenvalue weighted by atomic mass is 35.5. The molecule has 0 unspecified atom stereocenters. The van der Waals surface area contributed by atoms with E-state index in [0.717, 1.165) is 25.1 Å². The van der Waals surface area contributed by atoms with Gasteiger partial charge in [-0.25, -0.2) is 13.1 Å². The fraction of sp³-hybridized carbons (Fsp3) is 0.267. The van der Waals surface area contributed by atoms with Crippen molar-refractivity contribution in [2.45, 2.75) is 11.3 Å². The summed E-state index contributed by atoms with van der Waals surface area (Å²) in [5.41, 5.74) is 0.938. The Morgan fingerprint density at radius 1 is 1.32 bits per heavy atom. The second kappa shape index (κ2) is 7.87. The quantitative estimate of drug-likeness (QED) is 0.461. The van der Waals surface area contributed by atoms with Crippen molar-refractivity contribution in [3.05, 3.63) is 52.2 Å². The number of rotatable bonds is 5. The standard InChI is InChI=1S/C15H16N4O4S.ClH/c20-19(21)13-3-4-14(15-12(13)2-1-7-17-15)24(22,23)18-10-11-5-8-16-9-6-11;/h1-5,7,16,18H,6,8-10H2;1H. The number of sulfonamides is 1. The Bertz CT molecular complexity index is 930. The number of pyridine rings is 1. The van der Waals surface area contributed by atoms with E-state index in [1.54, 1.807) is 6.07 Å². The van der Waals surface area contributed by atoms with Crippen LogP contribution in [0.4, 0.5) is 5.69 Å². The Balaban J connectivity index is 0.00000225. The predicted octanol–water partition coefficient (Wildman–Crippen LogP) is 1.76. The van der Waals surface area contributed by atoms with Crippen molar-refractivity contribution in [2.75, 3.05) is 19.6 Å². The summed E-state index contributed by atoms with van der Waals surface area (Å²) in [7, 11) is -3.83. The molecule has 8 nitrogen and oxygen atoms in total. The van der Waals surface area contributed by atoms with E-state index >= 15 is 0 Å². The van der Waals surface area contributed by atoms with Crippen molar-refractivity contribution in [1.29, 1.82) is 0 Å². The van der Waals surface area contributed by atoms with Gasteiger partial charge < -0.3 is 5.32 Å². The summed E-state index contributed by atoms with van der Waals surface area (Å²) in [5, 5.41) is 14.5. The van der Waals surface area contributed by atoms with Gasteiger partial charge in [0.2, 0.25) is 10.0 Å². The van der Waals surface area contributed by atoms with E-state index in [1.807, 2.05) is 6.08 Å². The van der Waals surface area contributed by atoms with Crippen molar-refractivity contribution in [2.24, 2.45) is 0 Å². The molecule has 1 aliphatic heterocycles. The van der Waals surface area contributed by atoms with Gasteiger partial charge in [-0.05, 0) is 31.2 Å². The molecule has 1 aliphatic rings. The zero-order valence-corrected chi connectivity index (χ0v) is 14.8. The maximum absolute atomic E-state index is 12.6. The first-order valence-electron chi connectivity index (χ1n) is 7.39. The normalized spacial score (nSPS) is 14.6. The van der Waals surface area contributed by atoms with Gasteiger partial charge in [0, 0.05) is 25.4 Å². The minimum Gasteiger partial charge on any atom is -0.313 e. The van der Waals surface area contributed by atoms with E-state index in [2.05, 4.69) is 15.0 Å². The highest BCUT2D eigenvalue weighted by molar-refractivity contribution is 7.89. The first-order chi connectivity index (χ1) is 11.5. The molecule has 0 bridgehead atoms. The second-order valence-electron chi connectivity index (χ2n) is 5.38. The average Bonchev–Trinajstić information content (AvgIpc) is 2.60. The number of benzene rings is 1.